The Bertz CT molecular complexity index is 2440. The summed E-state index contributed by atoms with van der Waals surface area (Å²) in [4.78, 5) is 87.7. The van der Waals surface area contributed by atoms with E-state index in [0.717, 1.165) is 121 Å². The predicted molar refractivity (Wildman–Crippen MR) is 253 cm³/mol. The highest BCUT2D eigenvalue weighted by Crippen LogP contribution is 2.48. The molecule has 0 unspecified atom stereocenters. The number of carbonyl (C=O) groups is 4. The second-order valence-electron chi connectivity index (χ2n) is 19.2. The molecule has 18 heteroatoms. The molecule has 67 heavy (non-hydrogen) atoms. The van der Waals surface area contributed by atoms with Crippen LogP contribution in [0.5, 0.6) is 0 Å². The van der Waals surface area contributed by atoms with E-state index in [2.05, 4.69) is 66.8 Å². The Hall–Kier alpha value is -6.46. The molecule has 0 aliphatic carbocycles. The zero-order chi connectivity index (χ0) is 46.9. The van der Waals surface area contributed by atoms with Crippen LogP contribution in [-0.4, -0.2) is 116 Å². The maximum atomic E-state index is 13.9. The summed E-state index contributed by atoms with van der Waals surface area (Å²) in [5.74, 6) is 1.68. The second kappa shape index (κ2) is 19.4. The van der Waals surface area contributed by atoms with Gasteiger partial charge in [0.05, 0.1) is 78.5 Å². The average Bonchev–Trinajstić information content (AvgIpc) is 4.20. The first kappa shape index (κ1) is 45.7. The van der Waals surface area contributed by atoms with Gasteiger partial charge in [-0.2, -0.15) is 0 Å². The number of likely N-dealkylation sites (tertiary alicyclic amines) is 2. The number of anilines is 2. The number of methoxy groups -OCH3 is 2. The van der Waals surface area contributed by atoms with E-state index in [9.17, 15) is 19.2 Å². The molecule has 3 aromatic heterocycles. The van der Waals surface area contributed by atoms with Gasteiger partial charge in [-0.15, -0.1) is 0 Å². The van der Waals surface area contributed by atoms with Crippen LogP contribution in [0.15, 0.2) is 48.8 Å². The zero-order valence-electron chi connectivity index (χ0n) is 39.5. The quantitative estimate of drug-likeness (QED) is 0.0967. The van der Waals surface area contributed by atoms with Crippen molar-refractivity contribution in [3.63, 3.8) is 0 Å². The van der Waals surface area contributed by atoms with Crippen LogP contribution in [0, 0.1) is 11.8 Å². The lowest BCUT2D eigenvalue weighted by atomic mass is 10.0. The van der Waals surface area contributed by atoms with Crippen LogP contribution in [0.25, 0.3) is 22.1 Å². The number of alkyl carbamates (subject to hydrolysis) is 2. The second-order valence-corrected chi connectivity index (χ2v) is 19.2. The maximum absolute atomic E-state index is 13.9. The van der Waals surface area contributed by atoms with E-state index < -0.39 is 24.3 Å². The van der Waals surface area contributed by atoms with Crippen molar-refractivity contribution in [2.75, 3.05) is 50.2 Å². The van der Waals surface area contributed by atoms with Gasteiger partial charge in [0, 0.05) is 26.2 Å². The van der Waals surface area contributed by atoms with E-state index in [4.69, 9.17) is 29.4 Å². The largest absolute Gasteiger partial charge is 0.453 e. The normalized spacial score (nSPS) is 22.0. The number of hydrogen-bond acceptors (Lipinski definition) is 12. The monoisotopic (exact) mass is 917 g/mol. The van der Waals surface area contributed by atoms with E-state index >= 15 is 0 Å². The highest BCUT2D eigenvalue weighted by molar-refractivity contribution is 5.87. The number of fused-ring (bicyclic) bond motifs is 2. The summed E-state index contributed by atoms with van der Waals surface area (Å²) >= 11 is 0. The summed E-state index contributed by atoms with van der Waals surface area (Å²) in [7, 11) is 2.60. The standard InChI is InChI=1S/C49H64N12O6/c1-28(2)41(56-48(64)66-5)45(62)59-22-10-12-39(59)43-52-33-16-14-30(24-35(33)54-43)37-18-19-38(61(37)32-26-50-47(51-27-32)58-20-8-7-9-21-58)31-15-17-34-36(25-31)55-44(53-34)40-13-11-23-60(40)46(63)42(29(3)4)57-49(65)67-6/h14-17,24-29,37-42H,7-13,18-23H2,1-6H3,(H,52,54)(H,53,55)(H,56,64)(H,57,65)/t37-,38-,39+,40+,41+,42+/m1/s1. The molecule has 4 saturated heterocycles. The molecule has 9 rings (SSSR count). The van der Waals surface area contributed by atoms with Gasteiger partial charge in [0.25, 0.3) is 0 Å². The summed E-state index contributed by atoms with van der Waals surface area (Å²) < 4.78 is 9.67. The average molecular weight is 917 g/mol. The fourth-order valence-electron chi connectivity index (χ4n) is 10.7. The molecule has 356 valence electrons. The van der Waals surface area contributed by atoms with Crippen molar-refractivity contribution in [1.29, 1.82) is 0 Å². The minimum Gasteiger partial charge on any atom is -0.453 e. The SMILES string of the molecule is COC(=O)N[C@H](C(=O)N1CCC[C@H]1c1nc2ccc([C@H]3CC[C@H](c4ccc5nc([C@@H]6CCCN6C(=O)[C@@H](NC(=O)OC)C(C)C)[nH]c5c4)N3c3cnc(N4CCCCC4)nc3)cc2[nH]1)C(C)C. The van der Waals surface area contributed by atoms with Crippen molar-refractivity contribution >= 4 is 57.7 Å². The first-order valence-electron chi connectivity index (χ1n) is 24.1. The number of imidazole rings is 2. The molecule has 4 amide bonds. The van der Waals surface area contributed by atoms with E-state index in [-0.39, 0.29) is 47.8 Å². The molecular weight excluding hydrogens is 853 g/mol. The van der Waals surface area contributed by atoms with E-state index in [1.807, 2.05) is 49.9 Å². The number of aromatic amines is 2. The number of hydrogen-bond donors (Lipinski definition) is 4. The van der Waals surface area contributed by atoms with E-state index in [1.165, 1.54) is 20.6 Å². The molecule has 0 spiro atoms. The Labute approximate surface area is 391 Å². The van der Waals surface area contributed by atoms with Crippen molar-refractivity contribution in [2.45, 2.75) is 122 Å². The minimum absolute atomic E-state index is 0.00933. The van der Waals surface area contributed by atoms with Gasteiger partial charge in [-0.05, 0) is 105 Å². The minimum atomic E-state index is -0.714. The highest BCUT2D eigenvalue weighted by atomic mass is 16.5. The van der Waals surface area contributed by atoms with Gasteiger partial charge in [0.1, 0.15) is 23.7 Å². The number of aromatic nitrogens is 6. The Morgan fingerprint density at radius 2 is 1.07 bits per heavy atom. The summed E-state index contributed by atoms with van der Waals surface area (Å²) in [6.45, 7) is 10.7. The number of ether oxygens (including phenoxy) is 2. The third-order valence-corrected chi connectivity index (χ3v) is 14.3. The van der Waals surface area contributed by atoms with Crippen LogP contribution >= 0.6 is 0 Å². The van der Waals surface area contributed by atoms with Crippen molar-refractivity contribution in [3.05, 3.63) is 71.6 Å². The van der Waals surface area contributed by atoms with Gasteiger partial charge in [-0.1, -0.05) is 39.8 Å². The zero-order valence-corrected chi connectivity index (χ0v) is 39.5. The number of rotatable bonds is 12. The van der Waals surface area contributed by atoms with Crippen molar-refractivity contribution in [3.8, 4) is 0 Å². The van der Waals surface area contributed by atoms with Crippen LogP contribution in [0.2, 0.25) is 0 Å². The molecule has 5 aromatic rings. The third-order valence-electron chi connectivity index (χ3n) is 14.3. The molecule has 18 nitrogen and oxygen atoms in total. The van der Waals surface area contributed by atoms with Crippen LogP contribution < -0.4 is 20.4 Å². The summed E-state index contributed by atoms with van der Waals surface area (Å²) in [6.07, 6.45) is 11.1. The van der Waals surface area contributed by atoms with Crippen LogP contribution in [0.1, 0.15) is 132 Å². The molecular formula is C49H64N12O6. The number of benzene rings is 2. The fraction of sp³-hybridized carbons (Fsp3) is 0.551. The molecule has 6 atom stereocenters. The van der Waals surface area contributed by atoms with Gasteiger partial charge in [0.15, 0.2) is 0 Å². The molecule has 4 N–H and O–H groups in total. The Morgan fingerprint density at radius 3 is 1.51 bits per heavy atom. The Balaban J connectivity index is 1.01. The van der Waals surface area contributed by atoms with E-state index in [1.54, 1.807) is 0 Å². The van der Waals surface area contributed by atoms with Crippen LogP contribution in [0.4, 0.5) is 21.2 Å². The molecule has 0 radical (unpaired) electrons. The van der Waals surface area contributed by atoms with Crippen LogP contribution in [0.3, 0.4) is 0 Å². The highest BCUT2D eigenvalue weighted by Gasteiger charge is 2.41. The summed E-state index contributed by atoms with van der Waals surface area (Å²) in [5, 5.41) is 5.48. The maximum Gasteiger partial charge on any atom is 0.407 e. The van der Waals surface area contributed by atoms with Gasteiger partial charge >= 0.3 is 12.2 Å². The van der Waals surface area contributed by atoms with Gasteiger partial charge in [-0.25, -0.2) is 29.5 Å². The Morgan fingerprint density at radius 1 is 0.612 bits per heavy atom. The molecule has 0 saturated carbocycles. The van der Waals surface area contributed by atoms with E-state index in [0.29, 0.717) is 13.1 Å². The third kappa shape index (κ3) is 9.18. The number of piperidine rings is 1. The smallest absolute Gasteiger partial charge is 0.407 e. The number of nitrogens with one attached hydrogen (secondary N) is 4. The molecule has 4 aliphatic rings. The fourth-order valence-corrected chi connectivity index (χ4v) is 10.7. The summed E-state index contributed by atoms with van der Waals surface area (Å²) in [5.41, 5.74) is 6.63. The molecule has 0 bridgehead atoms. The van der Waals surface area contributed by atoms with Crippen molar-refractivity contribution in [1.82, 2.24) is 50.3 Å². The topological polar surface area (TPSA) is 207 Å². The molecule has 4 aliphatic heterocycles. The molecule has 2 aromatic carbocycles. The van der Waals surface area contributed by atoms with Crippen LogP contribution in [-0.2, 0) is 19.1 Å². The number of H-pyrrole nitrogens is 2. The predicted octanol–water partition coefficient (Wildman–Crippen LogP) is 7.39. The van der Waals surface area contributed by atoms with Crippen molar-refractivity contribution < 1.29 is 28.7 Å². The first-order chi connectivity index (χ1) is 32.4. The molecule has 7 heterocycles. The number of carbonyl (C=O) groups excluding carboxylic acids is 4. The number of amides is 4. The number of nitrogens with zero attached hydrogens (tertiary/aromatic N) is 8. The first-order valence-corrected chi connectivity index (χ1v) is 24.1. The van der Waals surface area contributed by atoms with Gasteiger partial charge < -0.3 is 49.7 Å². The lowest BCUT2D eigenvalue weighted by Gasteiger charge is -2.33. The van der Waals surface area contributed by atoms with Gasteiger partial charge in [0.2, 0.25) is 17.8 Å². The lowest BCUT2D eigenvalue weighted by molar-refractivity contribution is -0.136. The molecule has 4 fully saturated rings. The lowest BCUT2D eigenvalue weighted by Crippen LogP contribution is -2.51. The summed E-state index contributed by atoms with van der Waals surface area (Å²) in [6, 6.07) is 10.9. The van der Waals surface area contributed by atoms with Crippen molar-refractivity contribution in [2.24, 2.45) is 11.8 Å². The Kier molecular flexibility index (Phi) is 13.2. The van der Waals surface area contributed by atoms with Gasteiger partial charge in [-0.3, -0.25) is 9.59 Å².